The number of pyridine rings is 1. The molecule has 2 saturated carbocycles. The quantitative estimate of drug-likeness (QED) is 0.553. The van der Waals surface area contributed by atoms with Gasteiger partial charge in [0.2, 0.25) is 0 Å². The lowest BCUT2D eigenvalue weighted by Gasteiger charge is -2.44. The fourth-order valence-electron chi connectivity index (χ4n) is 4.99. The molecule has 0 aromatic carbocycles. The van der Waals surface area contributed by atoms with Crippen LogP contribution in [0.5, 0.6) is 0 Å². The lowest BCUT2D eigenvalue weighted by molar-refractivity contribution is 0.0757. The topological polar surface area (TPSA) is 30.0 Å². The van der Waals surface area contributed by atoms with Gasteiger partial charge in [-0.25, -0.2) is 0 Å². The van der Waals surface area contributed by atoms with Gasteiger partial charge < -0.3 is 0 Å². The molecule has 1 heterocycles. The second-order valence-electron chi connectivity index (χ2n) is 8.79. The van der Waals surface area contributed by atoms with Gasteiger partial charge in [-0.1, -0.05) is 36.5 Å². The highest BCUT2D eigenvalue weighted by Crippen LogP contribution is 2.54. The third kappa shape index (κ3) is 2.57. The Kier molecular flexibility index (Phi) is 3.51. The van der Waals surface area contributed by atoms with Gasteiger partial charge in [-0.15, -0.1) is 0 Å². The molecule has 26 heavy (non-hydrogen) atoms. The SMILES string of the molecule is CC1=C(C2C#C2)C[C@]2(C(=O)c3ccc(C4CC4)cn3)C[C@@H](C)CCC2=C1. The molecular weight excluding hydrogens is 318 g/mol. The van der Waals surface area contributed by atoms with E-state index >= 15 is 0 Å². The van der Waals surface area contributed by atoms with E-state index in [2.05, 4.69) is 42.8 Å². The Morgan fingerprint density at radius 2 is 2.04 bits per heavy atom. The monoisotopic (exact) mass is 343 g/mol. The van der Waals surface area contributed by atoms with Gasteiger partial charge in [-0.2, -0.15) is 0 Å². The van der Waals surface area contributed by atoms with E-state index in [-0.39, 0.29) is 11.7 Å². The lowest BCUT2D eigenvalue weighted by atomic mass is 9.58. The molecule has 2 heteroatoms. The molecule has 2 atom stereocenters. The normalized spacial score (nSPS) is 30.2. The van der Waals surface area contributed by atoms with E-state index in [1.165, 1.54) is 41.5 Å². The molecule has 4 aliphatic carbocycles. The number of carbonyl (C=O) groups excluding carboxylic acids is 1. The second kappa shape index (κ2) is 5.68. The van der Waals surface area contributed by atoms with Crippen LogP contribution in [0.3, 0.4) is 0 Å². The summed E-state index contributed by atoms with van der Waals surface area (Å²) in [5.74, 6) is 8.11. The number of fused-ring (bicyclic) bond motifs is 1. The standard InChI is InChI=1S/C24H25NO/c1-15-3-9-20-11-16(2)21(18-6-7-18)13-24(20,12-15)23(26)22-10-8-19(14-25-22)17-4-5-17/h8,10-11,14-15,17-18H,3-5,9,12-13H2,1-2H3/t15-,24+/m0/s1. The first-order valence-corrected chi connectivity index (χ1v) is 9.99. The molecule has 1 aromatic rings. The van der Waals surface area contributed by atoms with E-state index in [0.29, 0.717) is 17.5 Å². The Morgan fingerprint density at radius 3 is 2.69 bits per heavy atom. The Balaban J connectivity index is 1.52. The zero-order valence-corrected chi connectivity index (χ0v) is 15.6. The number of hydrogen-bond donors (Lipinski definition) is 0. The molecule has 0 radical (unpaired) electrons. The van der Waals surface area contributed by atoms with Crippen LogP contribution >= 0.6 is 0 Å². The minimum atomic E-state index is -0.396. The molecule has 0 unspecified atom stereocenters. The summed E-state index contributed by atoms with van der Waals surface area (Å²) in [6.45, 7) is 4.47. The zero-order chi connectivity index (χ0) is 17.9. The van der Waals surface area contributed by atoms with Gasteiger partial charge in [0.05, 0.1) is 5.41 Å². The smallest absolute Gasteiger partial charge is 0.191 e. The number of aromatic nitrogens is 1. The Labute approximate surface area is 155 Å². The average molecular weight is 343 g/mol. The Morgan fingerprint density at radius 1 is 1.23 bits per heavy atom. The van der Waals surface area contributed by atoms with Crippen molar-refractivity contribution in [1.82, 2.24) is 4.98 Å². The van der Waals surface area contributed by atoms with Crippen LogP contribution in [0, 0.1) is 29.1 Å². The van der Waals surface area contributed by atoms with E-state index in [0.717, 1.165) is 19.3 Å². The fourth-order valence-corrected chi connectivity index (χ4v) is 4.99. The molecular formula is C24H25NO. The summed E-state index contributed by atoms with van der Waals surface area (Å²) in [7, 11) is 0. The summed E-state index contributed by atoms with van der Waals surface area (Å²) in [5, 5.41) is 0. The molecule has 0 N–H and O–H groups in total. The third-order valence-electron chi connectivity index (χ3n) is 6.75. The van der Waals surface area contributed by atoms with Crippen LogP contribution in [-0.2, 0) is 0 Å². The molecule has 0 saturated heterocycles. The van der Waals surface area contributed by atoms with Gasteiger partial charge in [-0.3, -0.25) is 9.78 Å². The van der Waals surface area contributed by atoms with E-state index in [1.54, 1.807) is 0 Å². The van der Waals surface area contributed by atoms with Gasteiger partial charge in [0.25, 0.3) is 0 Å². The number of hydrogen-bond acceptors (Lipinski definition) is 2. The summed E-state index contributed by atoms with van der Waals surface area (Å²) in [6.07, 6.45) is 10.7. The van der Waals surface area contributed by atoms with Crippen molar-refractivity contribution in [2.75, 3.05) is 0 Å². The summed E-state index contributed by atoms with van der Waals surface area (Å²) in [4.78, 5) is 18.3. The maximum Gasteiger partial charge on any atom is 0.191 e. The highest BCUT2D eigenvalue weighted by molar-refractivity contribution is 6.01. The minimum Gasteiger partial charge on any atom is -0.291 e. The summed E-state index contributed by atoms with van der Waals surface area (Å²) >= 11 is 0. The summed E-state index contributed by atoms with van der Waals surface area (Å²) in [6, 6.07) is 4.10. The first-order chi connectivity index (χ1) is 12.6. The van der Waals surface area contributed by atoms with Crippen LogP contribution in [0.4, 0.5) is 0 Å². The number of rotatable bonds is 4. The summed E-state index contributed by atoms with van der Waals surface area (Å²) in [5.41, 5.74) is 5.52. The van der Waals surface area contributed by atoms with Crippen LogP contribution in [0.15, 0.2) is 41.1 Å². The average Bonchev–Trinajstić information content (AvgIpc) is 3.54. The fraction of sp³-hybridized carbons (Fsp3) is 0.500. The van der Waals surface area contributed by atoms with Gasteiger partial charge >= 0.3 is 0 Å². The van der Waals surface area contributed by atoms with Crippen molar-refractivity contribution in [2.24, 2.45) is 17.3 Å². The summed E-state index contributed by atoms with van der Waals surface area (Å²) < 4.78 is 0. The van der Waals surface area contributed by atoms with Gasteiger partial charge in [0.1, 0.15) is 11.6 Å². The molecule has 2 nitrogen and oxygen atoms in total. The number of allylic oxidation sites excluding steroid dienone is 4. The molecule has 0 amide bonds. The number of nitrogens with zero attached hydrogens (tertiary/aromatic N) is 1. The highest BCUT2D eigenvalue weighted by Gasteiger charge is 2.49. The first kappa shape index (κ1) is 16.1. The minimum absolute atomic E-state index is 0.225. The Bertz CT molecular complexity index is 896. The molecule has 4 aliphatic rings. The maximum atomic E-state index is 13.7. The first-order valence-electron chi connectivity index (χ1n) is 9.99. The molecule has 132 valence electrons. The lowest BCUT2D eigenvalue weighted by Crippen LogP contribution is -2.41. The van der Waals surface area contributed by atoms with Crippen molar-refractivity contribution >= 4 is 5.78 Å². The molecule has 0 aliphatic heterocycles. The van der Waals surface area contributed by atoms with Gasteiger partial charge in [0, 0.05) is 6.20 Å². The van der Waals surface area contributed by atoms with Crippen molar-refractivity contribution in [1.29, 1.82) is 0 Å². The molecule has 2 fully saturated rings. The van der Waals surface area contributed by atoms with Crippen molar-refractivity contribution in [3.8, 4) is 11.8 Å². The van der Waals surface area contributed by atoms with Gasteiger partial charge in [-0.05, 0) is 80.1 Å². The van der Waals surface area contributed by atoms with E-state index in [4.69, 9.17) is 0 Å². The zero-order valence-electron chi connectivity index (χ0n) is 15.6. The number of Topliss-reactive ketones (excluding diaryl/α,β-unsaturated/α-hetero) is 1. The number of carbonyl (C=O) groups is 1. The molecule has 0 bridgehead atoms. The molecule has 5 rings (SSSR count). The third-order valence-corrected chi connectivity index (χ3v) is 6.75. The van der Waals surface area contributed by atoms with Crippen molar-refractivity contribution in [2.45, 2.75) is 58.3 Å². The Hall–Kier alpha value is -2.14. The highest BCUT2D eigenvalue weighted by atomic mass is 16.1. The number of ketones is 1. The van der Waals surface area contributed by atoms with Crippen LogP contribution in [-0.4, -0.2) is 10.8 Å². The van der Waals surface area contributed by atoms with E-state index < -0.39 is 5.41 Å². The van der Waals surface area contributed by atoms with Crippen LogP contribution in [0.1, 0.15) is 74.3 Å². The second-order valence-corrected chi connectivity index (χ2v) is 8.79. The van der Waals surface area contributed by atoms with Crippen LogP contribution in [0.25, 0.3) is 0 Å². The van der Waals surface area contributed by atoms with Crippen molar-refractivity contribution < 1.29 is 4.79 Å². The van der Waals surface area contributed by atoms with E-state index in [9.17, 15) is 4.79 Å². The van der Waals surface area contributed by atoms with Gasteiger partial charge in [0.15, 0.2) is 5.78 Å². The van der Waals surface area contributed by atoms with Crippen LogP contribution < -0.4 is 0 Å². The molecule has 1 aromatic heterocycles. The maximum absolute atomic E-state index is 13.7. The molecule has 0 spiro atoms. The largest absolute Gasteiger partial charge is 0.291 e. The predicted octanol–water partition coefficient (Wildman–Crippen LogP) is 5.23. The van der Waals surface area contributed by atoms with Crippen LogP contribution in [0.2, 0.25) is 0 Å². The predicted molar refractivity (Wildman–Crippen MR) is 103 cm³/mol. The van der Waals surface area contributed by atoms with Crippen molar-refractivity contribution in [3.05, 3.63) is 52.4 Å². The van der Waals surface area contributed by atoms with E-state index in [1.807, 2.05) is 12.3 Å². The van der Waals surface area contributed by atoms with Crippen molar-refractivity contribution in [3.63, 3.8) is 0 Å².